The van der Waals surface area contributed by atoms with Crippen molar-refractivity contribution in [2.24, 2.45) is 5.73 Å². The molecule has 0 aliphatic carbocycles. The average Bonchev–Trinajstić information content (AvgIpc) is 2.74. The number of carbonyl (C=O) groups excluding carboxylic acids is 1. The molecule has 2 aromatic carbocycles. The molecule has 30 heavy (non-hydrogen) atoms. The molecular formula is C23H26N6O. The number of nitrogen functional groups attached to an aromatic ring is 1. The van der Waals surface area contributed by atoms with Crippen molar-refractivity contribution in [1.82, 2.24) is 9.97 Å². The van der Waals surface area contributed by atoms with Crippen molar-refractivity contribution in [2.75, 3.05) is 29.0 Å². The van der Waals surface area contributed by atoms with Gasteiger partial charge in [0.05, 0.1) is 0 Å². The van der Waals surface area contributed by atoms with Crippen LogP contribution in [0.5, 0.6) is 0 Å². The van der Waals surface area contributed by atoms with E-state index in [9.17, 15) is 4.79 Å². The second-order valence-corrected chi connectivity index (χ2v) is 8.01. The highest BCUT2D eigenvalue weighted by molar-refractivity contribution is 6.07. The lowest BCUT2D eigenvalue weighted by Crippen LogP contribution is -2.48. The number of aromatic nitrogens is 2. The Morgan fingerprint density at radius 1 is 1.07 bits per heavy atom. The first-order valence-electron chi connectivity index (χ1n) is 10.0. The van der Waals surface area contributed by atoms with Crippen LogP contribution >= 0.6 is 0 Å². The van der Waals surface area contributed by atoms with E-state index in [1.165, 1.54) is 6.20 Å². The fourth-order valence-corrected chi connectivity index (χ4v) is 3.54. The molecule has 1 aliphatic rings. The largest absolute Gasteiger partial charge is 0.383 e. The van der Waals surface area contributed by atoms with Crippen molar-refractivity contribution in [3.05, 3.63) is 66.4 Å². The third kappa shape index (κ3) is 4.41. The smallest absolute Gasteiger partial charge is 0.260 e. The normalized spacial score (nSPS) is 15.6. The maximum atomic E-state index is 12.8. The zero-order chi connectivity index (χ0) is 21.1. The highest BCUT2D eigenvalue weighted by atomic mass is 16.1. The van der Waals surface area contributed by atoms with Gasteiger partial charge < -0.3 is 21.7 Å². The lowest BCUT2D eigenvalue weighted by Gasteiger charge is -2.36. The standard InChI is InChI=1S/C23H26N6O/c1-23(25)10-12-29(13-11-23)22-26-15-19(20(24)28-22)21(30)27-18-9-5-8-17(14-18)16-6-3-2-4-7-16/h2-9,14-15H,10-13,25H2,1H3,(H,27,30)(H2,24,26,28). The predicted molar refractivity (Wildman–Crippen MR) is 120 cm³/mol. The molecule has 5 N–H and O–H groups in total. The molecule has 0 spiro atoms. The zero-order valence-corrected chi connectivity index (χ0v) is 17.0. The van der Waals surface area contributed by atoms with Gasteiger partial charge in [-0.25, -0.2) is 4.98 Å². The van der Waals surface area contributed by atoms with Crippen LogP contribution in [-0.2, 0) is 0 Å². The van der Waals surface area contributed by atoms with Gasteiger partial charge in [-0.2, -0.15) is 4.98 Å². The van der Waals surface area contributed by atoms with Crippen LogP contribution in [0.15, 0.2) is 60.8 Å². The van der Waals surface area contributed by atoms with E-state index >= 15 is 0 Å². The Hall–Kier alpha value is -3.45. The van der Waals surface area contributed by atoms with E-state index in [4.69, 9.17) is 11.5 Å². The van der Waals surface area contributed by atoms with Crippen LogP contribution in [0.25, 0.3) is 11.1 Å². The Morgan fingerprint density at radius 3 is 2.47 bits per heavy atom. The Labute approximate surface area is 176 Å². The molecule has 1 aromatic heterocycles. The number of anilines is 3. The summed E-state index contributed by atoms with van der Waals surface area (Å²) in [6.45, 7) is 3.59. The van der Waals surface area contributed by atoms with Gasteiger partial charge in [-0.3, -0.25) is 4.79 Å². The molecule has 1 aliphatic heterocycles. The first-order valence-corrected chi connectivity index (χ1v) is 10.0. The monoisotopic (exact) mass is 402 g/mol. The van der Waals surface area contributed by atoms with Gasteiger partial charge in [0.2, 0.25) is 5.95 Å². The van der Waals surface area contributed by atoms with Crippen LogP contribution in [-0.4, -0.2) is 34.5 Å². The minimum atomic E-state index is -0.336. The van der Waals surface area contributed by atoms with Crippen LogP contribution in [0.1, 0.15) is 30.1 Å². The topological polar surface area (TPSA) is 110 Å². The third-order valence-corrected chi connectivity index (χ3v) is 5.47. The molecule has 0 bridgehead atoms. The molecule has 0 unspecified atom stereocenters. The summed E-state index contributed by atoms with van der Waals surface area (Å²) >= 11 is 0. The summed E-state index contributed by atoms with van der Waals surface area (Å²) in [5, 5.41) is 2.89. The van der Waals surface area contributed by atoms with Crippen molar-refractivity contribution in [2.45, 2.75) is 25.3 Å². The van der Waals surface area contributed by atoms with Crippen LogP contribution < -0.4 is 21.7 Å². The number of hydrogen-bond donors (Lipinski definition) is 3. The van der Waals surface area contributed by atoms with Gasteiger partial charge in [0.25, 0.3) is 5.91 Å². The minimum absolute atomic E-state index is 0.157. The number of piperidine rings is 1. The summed E-state index contributed by atoms with van der Waals surface area (Å²) < 4.78 is 0. The number of nitrogens with two attached hydrogens (primary N) is 2. The summed E-state index contributed by atoms with van der Waals surface area (Å²) in [5.41, 5.74) is 15.2. The fraction of sp³-hybridized carbons (Fsp3) is 0.261. The molecule has 0 saturated carbocycles. The number of benzene rings is 2. The van der Waals surface area contributed by atoms with Crippen molar-refractivity contribution in [3.63, 3.8) is 0 Å². The molecule has 1 saturated heterocycles. The number of hydrogen-bond acceptors (Lipinski definition) is 6. The maximum absolute atomic E-state index is 12.8. The lowest BCUT2D eigenvalue weighted by molar-refractivity contribution is 0.102. The van der Waals surface area contributed by atoms with Gasteiger partial charge in [-0.15, -0.1) is 0 Å². The van der Waals surface area contributed by atoms with E-state index in [0.29, 0.717) is 11.6 Å². The van der Waals surface area contributed by atoms with Gasteiger partial charge in [-0.1, -0.05) is 42.5 Å². The van der Waals surface area contributed by atoms with E-state index in [-0.39, 0.29) is 22.8 Å². The molecule has 4 rings (SSSR count). The second-order valence-electron chi connectivity index (χ2n) is 8.01. The molecule has 1 amide bonds. The predicted octanol–water partition coefficient (Wildman–Crippen LogP) is 3.30. The second kappa shape index (κ2) is 8.12. The minimum Gasteiger partial charge on any atom is -0.383 e. The van der Waals surface area contributed by atoms with E-state index < -0.39 is 0 Å². The van der Waals surface area contributed by atoms with Gasteiger partial charge in [-0.05, 0) is 43.0 Å². The number of amides is 1. The van der Waals surface area contributed by atoms with Gasteiger partial charge in [0, 0.05) is 30.5 Å². The third-order valence-electron chi connectivity index (χ3n) is 5.47. The van der Waals surface area contributed by atoms with Crippen LogP contribution in [0, 0.1) is 0 Å². The van der Waals surface area contributed by atoms with Gasteiger partial charge in [0.1, 0.15) is 11.4 Å². The molecule has 7 heteroatoms. The molecular weight excluding hydrogens is 376 g/mol. The molecule has 0 atom stereocenters. The van der Waals surface area contributed by atoms with Crippen LogP contribution in [0.3, 0.4) is 0 Å². The Bertz CT molecular complexity index is 1040. The van der Waals surface area contributed by atoms with Crippen molar-refractivity contribution < 1.29 is 4.79 Å². The first-order chi connectivity index (χ1) is 14.4. The van der Waals surface area contributed by atoms with E-state index in [1.807, 2.05) is 54.6 Å². The lowest BCUT2D eigenvalue weighted by atomic mass is 9.91. The molecule has 3 aromatic rings. The number of nitrogens with one attached hydrogen (secondary N) is 1. The first kappa shape index (κ1) is 19.8. The molecule has 0 radical (unpaired) electrons. The maximum Gasteiger partial charge on any atom is 0.260 e. The summed E-state index contributed by atoms with van der Waals surface area (Å²) in [4.78, 5) is 23.5. The summed E-state index contributed by atoms with van der Waals surface area (Å²) in [7, 11) is 0. The van der Waals surface area contributed by atoms with E-state index in [2.05, 4.69) is 27.1 Å². The number of carbonyl (C=O) groups is 1. The van der Waals surface area contributed by atoms with Crippen LogP contribution in [0.2, 0.25) is 0 Å². The van der Waals surface area contributed by atoms with E-state index in [0.717, 1.165) is 37.1 Å². The van der Waals surface area contributed by atoms with E-state index in [1.54, 1.807) is 0 Å². The number of rotatable bonds is 4. The van der Waals surface area contributed by atoms with Gasteiger partial charge in [0.15, 0.2) is 0 Å². The molecule has 1 fully saturated rings. The van der Waals surface area contributed by atoms with Crippen molar-refractivity contribution >= 4 is 23.4 Å². The van der Waals surface area contributed by atoms with Crippen LogP contribution in [0.4, 0.5) is 17.5 Å². The summed E-state index contributed by atoms with van der Waals surface area (Å²) in [5.74, 6) is 0.362. The van der Waals surface area contributed by atoms with Crippen molar-refractivity contribution in [1.29, 1.82) is 0 Å². The van der Waals surface area contributed by atoms with Gasteiger partial charge >= 0.3 is 0 Å². The quantitative estimate of drug-likeness (QED) is 0.618. The Morgan fingerprint density at radius 2 is 1.77 bits per heavy atom. The Balaban J connectivity index is 1.48. The fourth-order valence-electron chi connectivity index (χ4n) is 3.54. The SMILES string of the molecule is CC1(N)CCN(c2ncc(C(=O)Nc3cccc(-c4ccccc4)c3)c(N)n2)CC1. The zero-order valence-electron chi connectivity index (χ0n) is 17.0. The Kier molecular flexibility index (Phi) is 5.37. The highest BCUT2D eigenvalue weighted by Gasteiger charge is 2.27. The average molecular weight is 403 g/mol. The summed E-state index contributed by atoms with van der Waals surface area (Å²) in [6.07, 6.45) is 3.21. The molecule has 7 nitrogen and oxygen atoms in total. The number of nitrogens with zero attached hydrogens (tertiary/aromatic N) is 3. The summed E-state index contributed by atoms with van der Waals surface area (Å²) in [6, 6.07) is 17.7. The molecule has 154 valence electrons. The highest BCUT2D eigenvalue weighted by Crippen LogP contribution is 2.25. The van der Waals surface area contributed by atoms with Crippen molar-refractivity contribution in [3.8, 4) is 11.1 Å². The molecule has 2 heterocycles.